The Balaban J connectivity index is 1.81. The lowest BCUT2D eigenvalue weighted by atomic mass is 10.1. The van der Waals surface area contributed by atoms with Gasteiger partial charge in [-0.2, -0.15) is 0 Å². The Hall–Kier alpha value is -0.570. The molecule has 2 atom stereocenters. The zero-order chi connectivity index (χ0) is 9.97. The highest BCUT2D eigenvalue weighted by Gasteiger charge is 2.26. The number of nitrogens with zero attached hydrogens (tertiary/aromatic N) is 1. The normalized spacial score (nSPS) is 33.8. The number of nitrogens with one attached hydrogen (secondary N) is 1. The summed E-state index contributed by atoms with van der Waals surface area (Å²) >= 11 is 0. The average molecular weight is 196 g/mol. The Bertz CT molecular complexity index is 217. The smallest absolute Gasteiger partial charge is 0.236 e. The van der Waals surface area contributed by atoms with Gasteiger partial charge in [0.1, 0.15) is 0 Å². The van der Waals surface area contributed by atoms with Crippen molar-refractivity contribution in [3.8, 4) is 0 Å². The molecule has 0 spiro atoms. The summed E-state index contributed by atoms with van der Waals surface area (Å²) in [6.07, 6.45) is 3.99. The Labute approximate surface area is 85.8 Å². The molecule has 1 aliphatic carbocycles. The lowest BCUT2D eigenvalue weighted by Gasteiger charge is -2.29. The summed E-state index contributed by atoms with van der Waals surface area (Å²) in [5.74, 6) is 1.93. The second-order valence-electron chi connectivity index (χ2n) is 4.80. The topological polar surface area (TPSA) is 32.3 Å². The predicted octanol–water partition coefficient (Wildman–Crippen LogP) is 0.854. The molecule has 0 radical (unpaired) electrons. The first-order valence-electron chi connectivity index (χ1n) is 5.74. The summed E-state index contributed by atoms with van der Waals surface area (Å²) in [6.45, 7) is 5.74. The van der Waals surface area contributed by atoms with Gasteiger partial charge >= 0.3 is 0 Å². The first-order chi connectivity index (χ1) is 6.75. The molecule has 2 fully saturated rings. The van der Waals surface area contributed by atoms with Crippen LogP contribution in [0.3, 0.4) is 0 Å². The Morgan fingerprint density at radius 1 is 1.50 bits per heavy atom. The van der Waals surface area contributed by atoms with E-state index in [9.17, 15) is 4.79 Å². The van der Waals surface area contributed by atoms with Crippen molar-refractivity contribution in [1.82, 2.24) is 10.2 Å². The zero-order valence-electron chi connectivity index (χ0n) is 8.96. The Kier molecular flexibility index (Phi) is 3.06. The lowest BCUT2D eigenvalue weighted by Crippen LogP contribution is -2.49. The van der Waals surface area contributed by atoms with Crippen molar-refractivity contribution in [2.75, 3.05) is 26.2 Å². The Morgan fingerprint density at radius 2 is 2.36 bits per heavy atom. The summed E-state index contributed by atoms with van der Waals surface area (Å²) in [4.78, 5) is 13.6. The molecule has 3 heteroatoms. The van der Waals surface area contributed by atoms with Crippen LogP contribution in [0, 0.1) is 11.8 Å². The molecule has 1 N–H and O–H groups in total. The van der Waals surface area contributed by atoms with Crippen LogP contribution in [0.1, 0.15) is 26.2 Å². The summed E-state index contributed by atoms with van der Waals surface area (Å²) in [7, 11) is 0. The summed E-state index contributed by atoms with van der Waals surface area (Å²) < 4.78 is 0. The van der Waals surface area contributed by atoms with Crippen molar-refractivity contribution in [2.24, 2.45) is 11.8 Å². The molecule has 1 heterocycles. The molecule has 2 aliphatic rings. The minimum atomic E-state index is 0.288. The van der Waals surface area contributed by atoms with Gasteiger partial charge in [-0.15, -0.1) is 0 Å². The molecule has 14 heavy (non-hydrogen) atoms. The number of carbonyl (C=O) groups excluding carboxylic acids is 1. The molecule has 1 saturated carbocycles. The van der Waals surface area contributed by atoms with Crippen LogP contribution in [0.2, 0.25) is 0 Å². The van der Waals surface area contributed by atoms with Crippen LogP contribution >= 0.6 is 0 Å². The van der Waals surface area contributed by atoms with E-state index in [1.54, 1.807) is 0 Å². The van der Waals surface area contributed by atoms with Crippen molar-refractivity contribution in [3.63, 3.8) is 0 Å². The van der Waals surface area contributed by atoms with Crippen molar-refractivity contribution >= 4 is 5.91 Å². The van der Waals surface area contributed by atoms with Crippen LogP contribution in [0.15, 0.2) is 0 Å². The fraction of sp³-hybridized carbons (Fsp3) is 0.909. The third-order valence-corrected chi connectivity index (χ3v) is 3.47. The third-order valence-electron chi connectivity index (χ3n) is 3.47. The fourth-order valence-corrected chi connectivity index (χ4v) is 2.64. The van der Waals surface area contributed by atoms with E-state index in [1.807, 2.05) is 4.90 Å². The van der Waals surface area contributed by atoms with Crippen molar-refractivity contribution in [3.05, 3.63) is 0 Å². The molecule has 1 amide bonds. The quantitative estimate of drug-likeness (QED) is 0.710. The van der Waals surface area contributed by atoms with E-state index in [0.717, 1.165) is 31.5 Å². The predicted molar refractivity (Wildman–Crippen MR) is 56.0 cm³/mol. The van der Waals surface area contributed by atoms with Gasteiger partial charge in [-0.1, -0.05) is 13.3 Å². The lowest BCUT2D eigenvalue weighted by molar-refractivity contribution is -0.132. The minimum Gasteiger partial charge on any atom is -0.340 e. The average Bonchev–Trinajstić information content (AvgIpc) is 2.56. The second-order valence-corrected chi connectivity index (χ2v) is 4.80. The molecule has 1 saturated heterocycles. The number of piperazine rings is 1. The number of hydrogen-bond acceptors (Lipinski definition) is 2. The monoisotopic (exact) mass is 196 g/mol. The van der Waals surface area contributed by atoms with Crippen molar-refractivity contribution in [2.45, 2.75) is 26.2 Å². The van der Waals surface area contributed by atoms with Gasteiger partial charge in [0, 0.05) is 19.6 Å². The van der Waals surface area contributed by atoms with Crippen LogP contribution in [-0.4, -0.2) is 37.0 Å². The molecule has 0 aromatic heterocycles. The molecule has 0 aromatic carbocycles. The van der Waals surface area contributed by atoms with Gasteiger partial charge in [0.25, 0.3) is 0 Å². The van der Waals surface area contributed by atoms with E-state index >= 15 is 0 Å². The molecule has 2 unspecified atom stereocenters. The first-order valence-corrected chi connectivity index (χ1v) is 5.74. The van der Waals surface area contributed by atoms with Crippen molar-refractivity contribution < 1.29 is 4.79 Å². The van der Waals surface area contributed by atoms with Gasteiger partial charge in [0.15, 0.2) is 0 Å². The number of hydrogen-bond donors (Lipinski definition) is 1. The molecule has 0 aromatic rings. The van der Waals surface area contributed by atoms with E-state index in [4.69, 9.17) is 0 Å². The maximum atomic E-state index is 11.5. The van der Waals surface area contributed by atoms with Crippen LogP contribution in [0.4, 0.5) is 0 Å². The van der Waals surface area contributed by atoms with Crippen LogP contribution in [0.25, 0.3) is 0 Å². The molecule has 80 valence electrons. The molecule has 2 rings (SSSR count). The molecular formula is C11H20N2O. The van der Waals surface area contributed by atoms with E-state index < -0.39 is 0 Å². The largest absolute Gasteiger partial charge is 0.340 e. The summed E-state index contributed by atoms with van der Waals surface area (Å²) in [5, 5.41) is 3.11. The maximum absolute atomic E-state index is 11.5. The number of amides is 1. The van der Waals surface area contributed by atoms with E-state index in [0.29, 0.717) is 6.54 Å². The van der Waals surface area contributed by atoms with Gasteiger partial charge < -0.3 is 10.2 Å². The fourth-order valence-electron chi connectivity index (χ4n) is 2.64. The van der Waals surface area contributed by atoms with Crippen molar-refractivity contribution in [1.29, 1.82) is 0 Å². The highest BCUT2D eigenvalue weighted by atomic mass is 16.2. The highest BCUT2D eigenvalue weighted by molar-refractivity contribution is 5.78. The summed E-state index contributed by atoms with van der Waals surface area (Å²) in [5.41, 5.74) is 0. The number of carbonyl (C=O) groups is 1. The highest BCUT2D eigenvalue weighted by Crippen LogP contribution is 2.30. The molecular weight excluding hydrogens is 176 g/mol. The number of rotatable bonds is 2. The third kappa shape index (κ3) is 2.27. The standard InChI is InChI=1S/C11H20N2O/c1-9-2-3-10(6-9)8-13-5-4-12-7-11(13)14/h9-10,12H,2-8H2,1H3. The van der Waals surface area contributed by atoms with Gasteiger partial charge in [0.05, 0.1) is 6.54 Å². The minimum absolute atomic E-state index is 0.288. The van der Waals surface area contributed by atoms with Gasteiger partial charge in [-0.05, 0) is 24.7 Å². The van der Waals surface area contributed by atoms with E-state index in [-0.39, 0.29) is 5.91 Å². The van der Waals surface area contributed by atoms with Gasteiger partial charge in [-0.25, -0.2) is 0 Å². The van der Waals surface area contributed by atoms with Crippen LogP contribution < -0.4 is 5.32 Å². The summed E-state index contributed by atoms with van der Waals surface area (Å²) in [6, 6.07) is 0. The first kappa shape index (κ1) is 9.97. The van der Waals surface area contributed by atoms with Gasteiger partial charge in [-0.3, -0.25) is 4.79 Å². The second kappa shape index (κ2) is 4.30. The van der Waals surface area contributed by atoms with E-state index in [2.05, 4.69) is 12.2 Å². The SMILES string of the molecule is CC1CCC(CN2CCNCC2=O)C1. The molecule has 3 nitrogen and oxygen atoms in total. The van der Waals surface area contributed by atoms with Crippen LogP contribution in [0.5, 0.6) is 0 Å². The molecule has 0 bridgehead atoms. The maximum Gasteiger partial charge on any atom is 0.236 e. The Morgan fingerprint density at radius 3 is 3.00 bits per heavy atom. The van der Waals surface area contributed by atoms with E-state index in [1.165, 1.54) is 19.3 Å². The zero-order valence-corrected chi connectivity index (χ0v) is 8.96. The van der Waals surface area contributed by atoms with Gasteiger partial charge in [0.2, 0.25) is 5.91 Å². The molecule has 1 aliphatic heterocycles. The van der Waals surface area contributed by atoms with Crippen LogP contribution in [-0.2, 0) is 4.79 Å².